The van der Waals surface area contributed by atoms with Gasteiger partial charge in [-0.05, 0) is 43.7 Å². The SMILES string of the molecule is Cc1ccc(NC(=O)[C@@H](C)OC(=O)CCC(=O)c2ccc(Cl)s2)cc1F. The molecule has 0 fully saturated rings. The average molecular weight is 398 g/mol. The van der Waals surface area contributed by atoms with Gasteiger partial charge in [0.15, 0.2) is 11.9 Å². The molecule has 0 bridgehead atoms. The van der Waals surface area contributed by atoms with Crippen molar-refractivity contribution < 1.29 is 23.5 Å². The summed E-state index contributed by atoms with van der Waals surface area (Å²) in [5, 5.41) is 2.47. The number of nitrogens with one attached hydrogen (secondary N) is 1. The van der Waals surface area contributed by atoms with Gasteiger partial charge < -0.3 is 10.1 Å². The molecule has 1 heterocycles. The first-order valence-corrected chi connectivity index (χ1v) is 9.00. The second kappa shape index (κ2) is 8.91. The van der Waals surface area contributed by atoms with Gasteiger partial charge in [0.25, 0.3) is 5.91 Å². The van der Waals surface area contributed by atoms with Crippen LogP contribution in [0.1, 0.15) is 35.0 Å². The van der Waals surface area contributed by atoms with E-state index in [2.05, 4.69) is 5.32 Å². The van der Waals surface area contributed by atoms with Crippen LogP contribution in [0.25, 0.3) is 0 Å². The third-order valence-corrected chi connectivity index (χ3v) is 4.79. The van der Waals surface area contributed by atoms with Crippen molar-refractivity contribution >= 4 is 46.3 Å². The lowest BCUT2D eigenvalue weighted by Gasteiger charge is -2.13. The summed E-state index contributed by atoms with van der Waals surface area (Å²) in [7, 11) is 0. The summed E-state index contributed by atoms with van der Waals surface area (Å²) in [4.78, 5) is 36.2. The number of halogens is 2. The highest BCUT2D eigenvalue weighted by molar-refractivity contribution is 7.18. The molecule has 1 atom stereocenters. The number of carbonyl (C=O) groups excluding carboxylic acids is 3. The standard InChI is InChI=1S/C18H17ClFNO4S/c1-10-3-4-12(9-13(10)20)21-18(24)11(2)25-17(23)8-5-14(22)15-6-7-16(19)26-15/h3-4,6-7,9,11H,5,8H2,1-2H3,(H,21,24)/t11-/m1/s1. The number of esters is 1. The Balaban J connectivity index is 1.81. The molecule has 26 heavy (non-hydrogen) atoms. The predicted molar refractivity (Wildman–Crippen MR) is 98.2 cm³/mol. The van der Waals surface area contributed by atoms with Crippen LogP contribution in [0.3, 0.4) is 0 Å². The van der Waals surface area contributed by atoms with Crippen molar-refractivity contribution in [3.8, 4) is 0 Å². The van der Waals surface area contributed by atoms with Crippen LogP contribution < -0.4 is 5.32 Å². The van der Waals surface area contributed by atoms with E-state index in [1.165, 1.54) is 19.1 Å². The number of ether oxygens (including phenoxy) is 1. The fourth-order valence-corrected chi connectivity index (χ4v) is 3.04. The number of rotatable bonds is 7. The molecule has 1 aromatic carbocycles. The number of aryl methyl sites for hydroxylation is 1. The normalized spacial score (nSPS) is 11.7. The minimum atomic E-state index is -1.07. The van der Waals surface area contributed by atoms with Crippen molar-refractivity contribution in [1.29, 1.82) is 0 Å². The van der Waals surface area contributed by atoms with Gasteiger partial charge in [-0.2, -0.15) is 0 Å². The number of Topliss-reactive ketones (excluding diaryl/α,β-unsaturated/α-hetero) is 1. The molecule has 2 rings (SSSR count). The number of benzene rings is 1. The molecule has 0 saturated heterocycles. The van der Waals surface area contributed by atoms with Crippen LogP contribution in [-0.4, -0.2) is 23.8 Å². The molecule has 0 unspecified atom stereocenters. The molecule has 5 nitrogen and oxygen atoms in total. The van der Waals surface area contributed by atoms with Gasteiger partial charge in [0.2, 0.25) is 0 Å². The zero-order valence-electron chi connectivity index (χ0n) is 14.2. The fourth-order valence-electron chi connectivity index (χ4n) is 2.03. The Kier molecular flexibility index (Phi) is 6.88. The summed E-state index contributed by atoms with van der Waals surface area (Å²) in [6.45, 7) is 3.01. The topological polar surface area (TPSA) is 72.5 Å². The molecule has 1 amide bonds. The number of thiophene rings is 1. The van der Waals surface area contributed by atoms with Crippen LogP contribution in [0.4, 0.5) is 10.1 Å². The van der Waals surface area contributed by atoms with Crippen LogP contribution in [-0.2, 0) is 14.3 Å². The number of hydrogen-bond donors (Lipinski definition) is 1. The second-order valence-electron chi connectivity index (χ2n) is 5.61. The lowest BCUT2D eigenvalue weighted by Crippen LogP contribution is -2.30. The van der Waals surface area contributed by atoms with E-state index < -0.39 is 23.8 Å². The largest absolute Gasteiger partial charge is 0.453 e. The van der Waals surface area contributed by atoms with Gasteiger partial charge in [-0.3, -0.25) is 14.4 Å². The highest BCUT2D eigenvalue weighted by Crippen LogP contribution is 2.23. The first-order valence-electron chi connectivity index (χ1n) is 7.81. The van der Waals surface area contributed by atoms with E-state index >= 15 is 0 Å². The van der Waals surface area contributed by atoms with Gasteiger partial charge in [-0.25, -0.2) is 4.39 Å². The van der Waals surface area contributed by atoms with E-state index in [4.69, 9.17) is 16.3 Å². The summed E-state index contributed by atoms with van der Waals surface area (Å²) in [6, 6.07) is 7.47. The van der Waals surface area contributed by atoms with Crippen LogP contribution >= 0.6 is 22.9 Å². The zero-order chi connectivity index (χ0) is 19.3. The van der Waals surface area contributed by atoms with Crippen LogP contribution in [0.2, 0.25) is 4.34 Å². The Labute approximate surface area is 159 Å². The van der Waals surface area contributed by atoms with Crippen molar-refractivity contribution in [3.05, 3.63) is 50.9 Å². The highest BCUT2D eigenvalue weighted by Gasteiger charge is 2.19. The number of hydrogen-bond acceptors (Lipinski definition) is 5. The van der Waals surface area contributed by atoms with Gasteiger partial charge in [-0.1, -0.05) is 17.7 Å². The molecule has 2 aromatic rings. The first-order chi connectivity index (χ1) is 12.3. The predicted octanol–water partition coefficient (Wildman–Crippen LogP) is 4.38. The smallest absolute Gasteiger partial charge is 0.307 e. The van der Waals surface area contributed by atoms with E-state index in [1.54, 1.807) is 25.1 Å². The van der Waals surface area contributed by atoms with Crippen LogP contribution in [0.5, 0.6) is 0 Å². The maximum atomic E-state index is 13.5. The molecular formula is C18H17ClFNO4S. The van der Waals surface area contributed by atoms with E-state index in [-0.39, 0.29) is 24.3 Å². The molecular weight excluding hydrogens is 381 g/mol. The maximum absolute atomic E-state index is 13.5. The van der Waals surface area contributed by atoms with Gasteiger partial charge in [0.1, 0.15) is 5.82 Å². The summed E-state index contributed by atoms with van der Waals surface area (Å²) >= 11 is 6.90. The lowest BCUT2D eigenvalue weighted by atomic mass is 10.2. The van der Waals surface area contributed by atoms with Crippen molar-refractivity contribution in [2.45, 2.75) is 32.8 Å². The van der Waals surface area contributed by atoms with Crippen molar-refractivity contribution in [3.63, 3.8) is 0 Å². The molecule has 0 aliphatic carbocycles. The van der Waals surface area contributed by atoms with Crippen molar-refractivity contribution in [2.24, 2.45) is 0 Å². The average Bonchev–Trinajstić information content (AvgIpc) is 3.02. The minimum absolute atomic E-state index is 0.0345. The summed E-state index contributed by atoms with van der Waals surface area (Å²) in [6.07, 6.45) is -1.25. The van der Waals surface area contributed by atoms with Crippen LogP contribution in [0, 0.1) is 12.7 Å². The number of amides is 1. The third kappa shape index (κ3) is 5.64. The van der Waals surface area contributed by atoms with E-state index in [0.29, 0.717) is 14.8 Å². The Hall–Kier alpha value is -2.25. The molecule has 0 spiro atoms. The highest BCUT2D eigenvalue weighted by atomic mass is 35.5. The monoisotopic (exact) mass is 397 g/mol. The van der Waals surface area contributed by atoms with E-state index in [0.717, 1.165) is 11.3 Å². The number of carbonyl (C=O) groups is 3. The Bertz CT molecular complexity index is 836. The number of ketones is 1. The molecule has 1 aromatic heterocycles. The zero-order valence-corrected chi connectivity index (χ0v) is 15.7. The van der Waals surface area contributed by atoms with Crippen molar-refractivity contribution in [1.82, 2.24) is 0 Å². The molecule has 0 radical (unpaired) electrons. The Morgan fingerprint density at radius 2 is 1.96 bits per heavy atom. The fraction of sp³-hybridized carbons (Fsp3) is 0.278. The lowest BCUT2D eigenvalue weighted by molar-refractivity contribution is -0.153. The minimum Gasteiger partial charge on any atom is -0.453 e. The summed E-state index contributed by atoms with van der Waals surface area (Å²) < 4.78 is 19.0. The Morgan fingerprint density at radius 3 is 2.58 bits per heavy atom. The second-order valence-corrected chi connectivity index (χ2v) is 7.33. The van der Waals surface area contributed by atoms with Gasteiger partial charge >= 0.3 is 5.97 Å². The third-order valence-electron chi connectivity index (χ3n) is 3.52. The Morgan fingerprint density at radius 1 is 1.23 bits per heavy atom. The number of anilines is 1. The van der Waals surface area contributed by atoms with Gasteiger partial charge in [0.05, 0.1) is 15.6 Å². The van der Waals surface area contributed by atoms with Crippen LogP contribution in [0.15, 0.2) is 30.3 Å². The maximum Gasteiger partial charge on any atom is 0.307 e. The van der Waals surface area contributed by atoms with Gasteiger partial charge in [-0.15, -0.1) is 11.3 Å². The summed E-state index contributed by atoms with van der Waals surface area (Å²) in [5.41, 5.74) is 0.727. The molecule has 1 N–H and O–H groups in total. The first kappa shape index (κ1) is 20.1. The molecule has 0 aliphatic heterocycles. The molecule has 138 valence electrons. The van der Waals surface area contributed by atoms with Gasteiger partial charge in [0, 0.05) is 12.1 Å². The van der Waals surface area contributed by atoms with E-state index in [1.807, 2.05) is 0 Å². The van der Waals surface area contributed by atoms with Crippen molar-refractivity contribution in [2.75, 3.05) is 5.32 Å². The summed E-state index contributed by atoms with van der Waals surface area (Å²) in [5.74, 6) is -1.91. The molecule has 0 saturated carbocycles. The molecule has 0 aliphatic rings. The molecule has 8 heteroatoms. The van der Waals surface area contributed by atoms with E-state index in [9.17, 15) is 18.8 Å². The quantitative estimate of drug-likeness (QED) is 0.555.